The number of benzene rings is 2. The molecule has 104 valence electrons. The molecule has 0 aliphatic rings. The van der Waals surface area contributed by atoms with E-state index in [9.17, 15) is 10.0 Å². The average molecular weight is 279 g/mol. The third kappa shape index (κ3) is 2.89. The Morgan fingerprint density at radius 3 is 2.48 bits per heavy atom. The SMILES string of the molecule is Cc1cc(Oc2ccccc2)nc2ccc(B(O)O)cc12. The van der Waals surface area contributed by atoms with Crippen LogP contribution in [-0.2, 0) is 0 Å². The zero-order chi connectivity index (χ0) is 14.8. The minimum atomic E-state index is -1.48. The van der Waals surface area contributed by atoms with Crippen molar-refractivity contribution in [3.05, 3.63) is 60.2 Å². The molecule has 4 nitrogen and oxygen atoms in total. The average Bonchev–Trinajstić information content (AvgIpc) is 2.48. The number of nitrogens with zero attached hydrogens (tertiary/aromatic N) is 1. The van der Waals surface area contributed by atoms with E-state index in [4.69, 9.17) is 4.74 Å². The van der Waals surface area contributed by atoms with E-state index in [-0.39, 0.29) is 0 Å². The largest absolute Gasteiger partial charge is 0.488 e. The number of hydrogen-bond donors (Lipinski definition) is 2. The van der Waals surface area contributed by atoms with Crippen molar-refractivity contribution in [2.24, 2.45) is 0 Å². The Morgan fingerprint density at radius 1 is 1.00 bits per heavy atom. The van der Waals surface area contributed by atoms with Crippen LogP contribution in [0.15, 0.2) is 54.6 Å². The maximum Gasteiger partial charge on any atom is 0.488 e. The Balaban J connectivity index is 2.01. The smallest absolute Gasteiger partial charge is 0.439 e. The number of ether oxygens (including phenoxy) is 1. The van der Waals surface area contributed by atoms with Crippen LogP contribution >= 0.6 is 0 Å². The Hall–Kier alpha value is -2.37. The van der Waals surface area contributed by atoms with Gasteiger partial charge in [-0.1, -0.05) is 30.3 Å². The molecule has 1 aromatic heterocycles. The van der Waals surface area contributed by atoms with Gasteiger partial charge in [0.2, 0.25) is 5.88 Å². The van der Waals surface area contributed by atoms with Crippen LogP contribution in [0.5, 0.6) is 11.6 Å². The van der Waals surface area contributed by atoms with Crippen molar-refractivity contribution in [3.63, 3.8) is 0 Å². The number of hydrogen-bond acceptors (Lipinski definition) is 4. The van der Waals surface area contributed by atoms with Crippen molar-refractivity contribution in [1.82, 2.24) is 4.98 Å². The van der Waals surface area contributed by atoms with Crippen LogP contribution in [-0.4, -0.2) is 22.2 Å². The summed E-state index contributed by atoms with van der Waals surface area (Å²) in [5.41, 5.74) is 2.17. The molecule has 3 rings (SSSR count). The van der Waals surface area contributed by atoms with Gasteiger partial charge in [-0.05, 0) is 36.1 Å². The van der Waals surface area contributed by atoms with E-state index in [1.54, 1.807) is 18.2 Å². The first-order valence-corrected chi connectivity index (χ1v) is 6.64. The van der Waals surface area contributed by atoms with Crippen LogP contribution in [0.4, 0.5) is 0 Å². The number of aryl methyl sites for hydroxylation is 1. The third-order valence-electron chi connectivity index (χ3n) is 3.28. The fraction of sp³-hybridized carbons (Fsp3) is 0.0625. The second-order valence-corrected chi connectivity index (χ2v) is 4.84. The van der Waals surface area contributed by atoms with Gasteiger partial charge in [-0.2, -0.15) is 0 Å². The van der Waals surface area contributed by atoms with Crippen molar-refractivity contribution in [2.45, 2.75) is 6.92 Å². The molecule has 0 bridgehead atoms. The summed E-state index contributed by atoms with van der Waals surface area (Å²) in [6, 6.07) is 16.4. The Labute approximate surface area is 122 Å². The van der Waals surface area contributed by atoms with Crippen LogP contribution in [0.2, 0.25) is 0 Å². The van der Waals surface area contributed by atoms with E-state index >= 15 is 0 Å². The van der Waals surface area contributed by atoms with Gasteiger partial charge < -0.3 is 14.8 Å². The predicted octanol–water partition coefficient (Wildman–Crippen LogP) is 2.02. The predicted molar refractivity (Wildman–Crippen MR) is 82.8 cm³/mol. The lowest BCUT2D eigenvalue weighted by molar-refractivity contribution is 0.426. The summed E-state index contributed by atoms with van der Waals surface area (Å²) >= 11 is 0. The molecule has 3 aromatic rings. The Kier molecular flexibility index (Phi) is 3.60. The maximum absolute atomic E-state index is 9.23. The summed E-state index contributed by atoms with van der Waals surface area (Å²) in [5.74, 6) is 1.25. The standard InChI is InChI=1S/C16H14BNO3/c1-11-9-16(21-13-5-3-2-4-6-13)18-15-8-7-12(17(19)20)10-14(11)15/h2-10,19-20H,1H3. The van der Waals surface area contributed by atoms with Gasteiger partial charge in [0, 0.05) is 11.5 Å². The molecule has 0 spiro atoms. The lowest BCUT2D eigenvalue weighted by Crippen LogP contribution is -2.29. The first-order valence-electron chi connectivity index (χ1n) is 6.64. The van der Waals surface area contributed by atoms with Crippen molar-refractivity contribution >= 4 is 23.5 Å². The molecular formula is C16H14BNO3. The van der Waals surface area contributed by atoms with Crippen LogP contribution in [0.1, 0.15) is 5.56 Å². The molecule has 2 aromatic carbocycles. The van der Waals surface area contributed by atoms with E-state index in [0.29, 0.717) is 11.3 Å². The van der Waals surface area contributed by atoms with Crippen LogP contribution in [0.3, 0.4) is 0 Å². The molecule has 21 heavy (non-hydrogen) atoms. The Morgan fingerprint density at radius 2 is 1.76 bits per heavy atom. The highest BCUT2D eigenvalue weighted by molar-refractivity contribution is 6.58. The second kappa shape index (κ2) is 5.56. The summed E-state index contributed by atoms with van der Waals surface area (Å²) < 4.78 is 5.74. The van der Waals surface area contributed by atoms with Gasteiger partial charge in [-0.25, -0.2) is 4.98 Å². The summed E-state index contributed by atoms with van der Waals surface area (Å²) in [6.45, 7) is 1.94. The molecule has 0 radical (unpaired) electrons. The minimum absolute atomic E-state index is 0.448. The van der Waals surface area contributed by atoms with Crippen LogP contribution < -0.4 is 10.2 Å². The topological polar surface area (TPSA) is 62.6 Å². The molecule has 0 fully saturated rings. The van der Waals surface area contributed by atoms with Crippen LogP contribution in [0.25, 0.3) is 10.9 Å². The van der Waals surface area contributed by atoms with Gasteiger partial charge in [0.1, 0.15) is 5.75 Å². The molecule has 0 unspecified atom stereocenters. The van der Waals surface area contributed by atoms with Crippen LogP contribution in [0, 0.1) is 6.92 Å². The van der Waals surface area contributed by atoms with E-state index in [0.717, 1.165) is 22.2 Å². The molecular weight excluding hydrogens is 265 g/mol. The number of para-hydroxylation sites is 1. The third-order valence-corrected chi connectivity index (χ3v) is 3.28. The van der Waals surface area contributed by atoms with E-state index < -0.39 is 7.12 Å². The van der Waals surface area contributed by atoms with Gasteiger partial charge in [0.15, 0.2) is 0 Å². The summed E-state index contributed by atoms with van der Waals surface area (Å²) in [7, 11) is -1.48. The molecule has 0 atom stereocenters. The monoisotopic (exact) mass is 279 g/mol. The lowest BCUT2D eigenvalue weighted by Gasteiger charge is -2.09. The summed E-state index contributed by atoms with van der Waals surface area (Å²) in [4.78, 5) is 4.45. The molecule has 0 saturated heterocycles. The first-order chi connectivity index (χ1) is 10.1. The molecule has 1 heterocycles. The van der Waals surface area contributed by atoms with Gasteiger partial charge in [0.25, 0.3) is 0 Å². The van der Waals surface area contributed by atoms with E-state index in [2.05, 4.69) is 4.98 Å². The quantitative estimate of drug-likeness (QED) is 0.720. The zero-order valence-corrected chi connectivity index (χ0v) is 11.5. The van der Waals surface area contributed by atoms with E-state index in [1.807, 2.05) is 43.3 Å². The number of aromatic nitrogens is 1. The highest BCUT2D eigenvalue weighted by Crippen LogP contribution is 2.24. The van der Waals surface area contributed by atoms with Gasteiger partial charge >= 0.3 is 7.12 Å². The molecule has 2 N–H and O–H groups in total. The summed E-state index contributed by atoms with van der Waals surface area (Å²) in [5, 5.41) is 19.3. The van der Waals surface area contributed by atoms with Crippen molar-refractivity contribution in [3.8, 4) is 11.6 Å². The highest BCUT2D eigenvalue weighted by Gasteiger charge is 2.13. The van der Waals surface area contributed by atoms with Crippen molar-refractivity contribution in [1.29, 1.82) is 0 Å². The first kappa shape index (κ1) is 13.6. The van der Waals surface area contributed by atoms with E-state index in [1.165, 1.54) is 0 Å². The molecule has 5 heteroatoms. The van der Waals surface area contributed by atoms with Crippen molar-refractivity contribution < 1.29 is 14.8 Å². The fourth-order valence-electron chi connectivity index (χ4n) is 2.20. The molecule has 0 amide bonds. The normalized spacial score (nSPS) is 10.6. The maximum atomic E-state index is 9.23. The van der Waals surface area contributed by atoms with Gasteiger partial charge in [-0.3, -0.25) is 0 Å². The summed E-state index contributed by atoms with van der Waals surface area (Å²) in [6.07, 6.45) is 0. The number of fused-ring (bicyclic) bond motifs is 1. The zero-order valence-electron chi connectivity index (χ0n) is 11.5. The molecule has 0 aliphatic carbocycles. The fourth-order valence-corrected chi connectivity index (χ4v) is 2.20. The number of pyridine rings is 1. The minimum Gasteiger partial charge on any atom is -0.439 e. The van der Waals surface area contributed by atoms with Gasteiger partial charge in [0.05, 0.1) is 5.52 Å². The Bertz CT molecular complexity index is 775. The number of rotatable bonds is 3. The van der Waals surface area contributed by atoms with Crippen molar-refractivity contribution in [2.75, 3.05) is 0 Å². The molecule has 0 aliphatic heterocycles. The second-order valence-electron chi connectivity index (χ2n) is 4.84. The lowest BCUT2D eigenvalue weighted by atomic mass is 9.79. The molecule has 0 saturated carbocycles. The highest BCUT2D eigenvalue weighted by atomic mass is 16.5. The van der Waals surface area contributed by atoms with Gasteiger partial charge in [-0.15, -0.1) is 0 Å².